The second-order valence-electron chi connectivity index (χ2n) is 5.34. The molecule has 3 fully saturated rings. The van der Waals surface area contributed by atoms with Crippen molar-refractivity contribution >= 4 is 0 Å². The zero-order chi connectivity index (χ0) is 10.1. The lowest BCUT2D eigenvalue weighted by molar-refractivity contribution is -0.0933. The van der Waals surface area contributed by atoms with Crippen LogP contribution in [0.1, 0.15) is 32.1 Å². The first-order valence-electron chi connectivity index (χ1n) is 6.46. The lowest BCUT2D eigenvalue weighted by Crippen LogP contribution is -2.69. The third-order valence-electron chi connectivity index (χ3n) is 4.46. The van der Waals surface area contributed by atoms with E-state index in [2.05, 4.69) is 10.2 Å². The molecule has 0 radical (unpaired) electrons. The molecule has 3 aliphatic rings. The van der Waals surface area contributed by atoms with Gasteiger partial charge in [0, 0.05) is 31.2 Å². The third-order valence-corrected chi connectivity index (χ3v) is 4.46. The summed E-state index contributed by atoms with van der Waals surface area (Å²) in [6, 6.07) is 0.644. The van der Waals surface area contributed by atoms with Crippen molar-refractivity contribution in [2.75, 3.05) is 32.8 Å². The lowest BCUT2D eigenvalue weighted by atomic mass is 9.77. The van der Waals surface area contributed by atoms with Gasteiger partial charge in [-0.25, -0.2) is 0 Å². The molecular formula is C12H22N2O. The van der Waals surface area contributed by atoms with E-state index in [1.165, 1.54) is 38.6 Å². The van der Waals surface area contributed by atoms with Crippen molar-refractivity contribution in [1.82, 2.24) is 10.2 Å². The highest BCUT2D eigenvalue weighted by atomic mass is 16.5. The van der Waals surface area contributed by atoms with Gasteiger partial charge in [-0.2, -0.15) is 0 Å². The van der Waals surface area contributed by atoms with Gasteiger partial charge in [0.2, 0.25) is 0 Å². The summed E-state index contributed by atoms with van der Waals surface area (Å²) in [6.07, 6.45) is 7.08. The first kappa shape index (κ1) is 10.1. The number of rotatable bonds is 0. The summed E-state index contributed by atoms with van der Waals surface area (Å²) in [5.74, 6) is 0. The van der Waals surface area contributed by atoms with E-state index < -0.39 is 0 Å². The quantitative estimate of drug-likeness (QED) is 0.645. The van der Waals surface area contributed by atoms with E-state index in [4.69, 9.17) is 4.74 Å². The SMILES string of the molecule is C1CCC2(CC1)CNCC1COCCN12. The molecule has 1 N–H and O–H groups in total. The van der Waals surface area contributed by atoms with Gasteiger partial charge in [0.25, 0.3) is 0 Å². The van der Waals surface area contributed by atoms with Gasteiger partial charge >= 0.3 is 0 Å². The van der Waals surface area contributed by atoms with Crippen LogP contribution in [-0.4, -0.2) is 49.3 Å². The van der Waals surface area contributed by atoms with Crippen LogP contribution in [0.15, 0.2) is 0 Å². The third kappa shape index (κ3) is 1.71. The number of ether oxygens (including phenoxy) is 1. The van der Waals surface area contributed by atoms with E-state index >= 15 is 0 Å². The lowest BCUT2D eigenvalue weighted by Gasteiger charge is -2.55. The van der Waals surface area contributed by atoms with Gasteiger partial charge < -0.3 is 10.1 Å². The standard InChI is InChI=1S/C12H22N2O/c1-2-4-12(5-3-1)10-13-8-11-9-15-7-6-14(11)12/h11,13H,1-10H2. The molecule has 15 heavy (non-hydrogen) atoms. The molecule has 0 bridgehead atoms. The van der Waals surface area contributed by atoms with Crippen LogP contribution in [-0.2, 0) is 4.74 Å². The zero-order valence-electron chi connectivity index (χ0n) is 9.50. The average molecular weight is 210 g/mol. The molecule has 1 unspecified atom stereocenters. The van der Waals surface area contributed by atoms with Crippen molar-refractivity contribution in [3.05, 3.63) is 0 Å². The normalized spacial score (nSPS) is 36.4. The summed E-state index contributed by atoms with van der Waals surface area (Å²) >= 11 is 0. The minimum Gasteiger partial charge on any atom is -0.378 e. The van der Waals surface area contributed by atoms with Crippen molar-refractivity contribution in [2.24, 2.45) is 0 Å². The molecule has 1 saturated carbocycles. The summed E-state index contributed by atoms with van der Waals surface area (Å²) in [5.41, 5.74) is 0.491. The van der Waals surface area contributed by atoms with Crippen molar-refractivity contribution in [3.8, 4) is 0 Å². The summed E-state index contributed by atoms with van der Waals surface area (Å²) in [7, 11) is 0. The molecule has 3 rings (SSSR count). The van der Waals surface area contributed by atoms with Crippen LogP contribution < -0.4 is 5.32 Å². The minimum atomic E-state index is 0.491. The van der Waals surface area contributed by atoms with Crippen LogP contribution in [0.4, 0.5) is 0 Å². The highest BCUT2D eigenvalue weighted by Gasteiger charge is 2.44. The molecule has 1 atom stereocenters. The maximum Gasteiger partial charge on any atom is 0.0635 e. The fourth-order valence-corrected chi connectivity index (χ4v) is 3.70. The number of hydrogen-bond acceptors (Lipinski definition) is 3. The van der Waals surface area contributed by atoms with Crippen LogP contribution in [0.25, 0.3) is 0 Å². The maximum absolute atomic E-state index is 5.59. The predicted molar refractivity (Wildman–Crippen MR) is 60.0 cm³/mol. The van der Waals surface area contributed by atoms with E-state index in [0.717, 1.165) is 26.3 Å². The van der Waals surface area contributed by atoms with Crippen molar-refractivity contribution in [3.63, 3.8) is 0 Å². The first-order chi connectivity index (χ1) is 7.41. The fourth-order valence-electron chi connectivity index (χ4n) is 3.70. The van der Waals surface area contributed by atoms with Crippen molar-refractivity contribution < 1.29 is 4.74 Å². The van der Waals surface area contributed by atoms with E-state index in [1.807, 2.05) is 0 Å². The Hall–Kier alpha value is -0.120. The van der Waals surface area contributed by atoms with Crippen molar-refractivity contribution in [1.29, 1.82) is 0 Å². The summed E-state index contributed by atoms with van der Waals surface area (Å²) in [5, 5.41) is 3.62. The molecule has 86 valence electrons. The topological polar surface area (TPSA) is 24.5 Å². The molecule has 2 saturated heterocycles. The van der Waals surface area contributed by atoms with Gasteiger partial charge in [-0.3, -0.25) is 4.90 Å². The minimum absolute atomic E-state index is 0.491. The molecule has 1 spiro atoms. The number of hydrogen-bond donors (Lipinski definition) is 1. The Bertz CT molecular complexity index is 218. The van der Waals surface area contributed by atoms with Gasteiger partial charge in [0.05, 0.1) is 13.2 Å². The molecular weight excluding hydrogens is 188 g/mol. The number of nitrogens with zero attached hydrogens (tertiary/aromatic N) is 1. The molecule has 0 aromatic rings. The van der Waals surface area contributed by atoms with Gasteiger partial charge in [-0.15, -0.1) is 0 Å². The smallest absolute Gasteiger partial charge is 0.0635 e. The fraction of sp³-hybridized carbons (Fsp3) is 1.00. The van der Waals surface area contributed by atoms with Crippen LogP contribution in [0.2, 0.25) is 0 Å². The molecule has 0 aromatic heterocycles. The Morgan fingerprint density at radius 2 is 2.07 bits per heavy atom. The van der Waals surface area contributed by atoms with E-state index in [9.17, 15) is 0 Å². The second-order valence-corrected chi connectivity index (χ2v) is 5.34. The van der Waals surface area contributed by atoms with Gasteiger partial charge in [-0.05, 0) is 12.8 Å². The van der Waals surface area contributed by atoms with Crippen molar-refractivity contribution in [2.45, 2.75) is 43.7 Å². The van der Waals surface area contributed by atoms with Crippen LogP contribution in [0, 0.1) is 0 Å². The Labute approximate surface area is 92.2 Å². The second kappa shape index (κ2) is 4.04. The van der Waals surface area contributed by atoms with Crippen LogP contribution in [0.5, 0.6) is 0 Å². The summed E-state index contributed by atoms with van der Waals surface area (Å²) < 4.78 is 5.59. The number of fused-ring (bicyclic) bond motifs is 2. The molecule has 2 heterocycles. The Morgan fingerprint density at radius 1 is 1.20 bits per heavy atom. The van der Waals surface area contributed by atoms with Gasteiger partial charge in [0.15, 0.2) is 0 Å². The highest BCUT2D eigenvalue weighted by molar-refractivity contribution is 5.02. The van der Waals surface area contributed by atoms with Crippen LogP contribution >= 0.6 is 0 Å². The van der Waals surface area contributed by atoms with Gasteiger partial charge in [-0.1, -0.05) is 19.3 Å². The molecule has 0 aromatic carbocycles. The molecule has 0 amide bonds. The van der Waals surface area contributed by atoms with E-state index in [-0.39, 0.29) is 0 Å². The number of piperazine rings is 1. The highest BCUT2D eigenvalue weighted by Crippen LogP contribution is 2.36. The average Bonchev–Trinajstić information content (AvgIpc) is 2.31. The molecule has 1 aliphatic carbocycles. The zero-order valence-corrected chi connectivity index (χ0v) is 9.50. The Balaban J connectivity index is 1.79. The molecule has 2 aliphatic heterocycles. The predicted octanol–water partition coefficient (Wildman–Crippen LogP) is 0.993. The Kier molecular flexibility index (Phi) is 2.71. The number of morpholine rings is 1. The van der Waals surface area contributed by atoms with Crippen LogP contribution in [0.3, 0.4) is 0 Å². The Morgan fingerprint density at radius 3 is 2.93 bits per heavy atom. The first-order valence-corrected chi connectivity index (χ1v) is 6.46. The summed E-state index contributed by atoms with van der Waals surface area (Å²) in [6.45, 7) is 5.38. The maximum atomic E-state index is 5.59. The van der Waals surface area contributed by atoms with Gasteiger partial charge in [0.1, 0.15) is 0 Å². The molecule has 3 nitrogen and oxygen atoms in total. The largest absolute Gasteiger partial charge is 0.378 e. The molecule has 3 heteroatoms. The number of nitrogens with one attached hydrogen (secondary N) is 1. The monoisotopic (exact) mass is 210 g/mol. The van der Waals surface area contributed by atoms with E-state index in [0.29, 0.717) is 11.6 Å². The summed E-state index contributed by atoms with van der Waals surface area (Å²) in [4.78, 5) is 2.77. The van der Waals surface area contributed by atoms with E-state index in [1.54, 1.807) is 0 Å².